The summed E-state index contributed by atoms with van der Waals surface area (Å²) in [6.45, 7) is 5.19. The van der Waals surface area contributed by atoms with Crippen molar-refractivity contribution in [3.05, 3.63) is 65.2 Å². The van der Waals surface area contributed by atoms with E-state index in [2.05, 4.69) is 11.4 Å². The lowest BCUT2D eigenvalue weighted by atomic mass is 9.95. The molecule has 26 heavy (non-hydrogen) atoms. The van der Waals surface area contributed by atoms with Crippen LogP contribution in [0.5, 0.6) is 0 Å². The van der Waals surface area contributed by atoms with Gasteiger partial charge >= 0.3 is 0 Å². The van der Waals surface area contributed by atoms with Gasteiger partial charge in [0.15, 0.2) is 0 Å². The highest BCUT2D eigenvalue weighted by Gasteiger charge is 2.24. The Hall–Kier alpha value is -2.62. The Morgan fingerprint density at radius 3 is 2.58 bits per heavy atom. The smallest absolute Gasteiger partial charge is 0.227 e. The number of nitrogens with zero attached hydrogens (tertiary/aromatic N) is 1. The van der Waals surface area contributed by atoms with Crippen molar-refractivity contribution in [2.24, 2.45) is 0 Å². The van der Waals surface area contributed by atoms with E-state index < -0.39 is 0 Å². The number of hydrogen-bond acceptors (Lipinski definition) is 2. The second kappa shape index (κ2) is 8.17. The van der Waals surface area contributed by atoms with Crippen molar-refractivity contribution in [1.29, 1.82) is 0 Å². The molecule has 1 aliphatic heterocycles. The molecule has 0 saturated carbocycles. The molecular weight excluding hydrogens is 324 g/mol. The SMILES string of the molecule is CCC(=O)N1CCc2cc(CNC(=O)[C@@H](CC)c3ccccc3)ccc21. The topological polar surface area (TPSA) is 49.4 Å². The minimum atomic E-state index is -0.122. The number of nitrogens with one attached hydrogen (secondary N) is 1. The van der Waals surface area contributed by atoms with Crippen molar-refractivity contribution in [3.63, 3.8) is 0 Å². The third-order valence-electron chi connectivity index (χ3n) is 5.04. The Labute approximate surface area is 155 Å². The number of carbonyl (C=O) groups excluding carboxylic acids is 2. The van der Waals surface area contributed by atoms with Crippen molar-refractivity contribution in [3.8, 4) is 0 Å². The second-order valence-corrected chi connectivity index (χ2v) is 6.70. The zero-order chi connectivity index (χ0) is 18.5. The van der Waals surface area contributed by atoms with Crippen LogP contribution in [-0.2, 0) is 22.6 Å². The molecule has 0 unspecified atom stereocenters. The zero-order valence-electron chi connectivity index (χ0n) is 15.5. The van der Waals surface area contributed by atoms with Gasteiger partial charge in [-0.2, -0.15) is 0 Å². The molecule has 1 N–H and O–H groups in total. The van der Waals surface area contributed by atoms with Crippen molar-refractivity contribution >= 4 is 17.5 Å². The van der Waals surface area contributed by atoms with E-state index in [0.29, 0.717) is 13.0 Å². The summed E-state index contributed by atoms with van der Waals surface area (Å²) in [7, 11) is 0. The van der Waals surface area contributed by atoms with Gasteiger partial charge in [0, 0.05) is 25.2 Å². The molecule has 1 heterocycles. The molecule has 4 nitrogen and oxygen atoms in total. The Balaban J connectivity index is 1.65. The Kier molecular flexibility index (Phi) is 5.71. The average molecular weight is 350 g/mol. The molecule has 0 spiro atoms. The van der Waals surface area contributed by atoms with Gasteiger partial charge in [-0.15, -0.1) is 0 Å². The first-order chi connectivity index (χ1) is 12.6. The summed E-state index contributed by atoms with van der Waals surface area (Å²) in [6.07, 6.45) is 2.17. The van der Waals surface area contributed by atoms with Gasteiger partial charge in [-0.3, -0.25) is 9.59 Å². The van der Waals surface area contributed by atoms with E-state index in [1.165, 1.54) is 5.56 Å². The molecule has 2 aromatic rings. The minimum Gasteiger partial charge on any atom is -0.351 e. The minimum absolute atomic E-state index is 0.0574. The Bertz CT molecular complexity index is 786. The largest absolute Gasteiger partial charge is 0.351 e. The fourth-order valence-electron chi connectivity index (χ4n) is 3.59. The number of fused-ring (bicyclic) bond motifs is 1. The summed E-state index contributed by atoms with van der Waals surface area (Å²) in [6, 6.07) is 16.0. The first kappa shape index (κ1) is 18.2. The van der Waals surface area contributed by atoms with Crippen LogP contribution in [0.3, 0.4) is 0 Å². The highest BCUT2D eigenvalue weighted by atomic mass is 16.2. The lowest BCUT2D eigenvalue weighted by Crippen LogP contribution is -2.29. The van der Waals surface area contributed by atoms with Gasteiger partial charge in [0.25, 0.3) is 0 Å². The van der Waals surface area contributed by atoms with E-state index in [1.807, 2.05) is 61.2 Å². The van der Waals surface area contributed by atoms with Crippen LogP contribution in [0.25, 0.3) is 0 Å². The van der Waals surface area contributed by atoms with Crippen LogP contribution in [0.4, 0.5) is 5.69 Å². The molecule has 2 amide bonds. The molecule has 136 valence electrons. The van der Waals surface area contributed by atoms with Gasteiger partial charge < -0.3 is 10.2 Å². The van der Waals surface area contributed by atoms with Crippen LogP contribution in [0.1, 0.15) is 49.3 Å². The Morgan fingerprint density at radius 1 is 1.12 bits per heavy atom. The predicted molar refractivity (Wildman–Crippen MR) is 104 cm³/mol. The number of anilines is 1. The highest BCUT2D eigenvalue weighted by molar-refractivity contribution is 5.95. The van der Waals surface area contributed by atoms with Crippen molar-refractivity contribution < 1.29 is 9.59 Å². The summed E-state index contributed by atoms with van der Waals surface area (Å²) in [4.78, 5) is 26.4. The van der Waals surface area contributed by atoms with E-state index >= 15 is 0 Å². The summed E-state index contributed by atoms with van der Waals surface area (Å²) in [5.41, 5.74) is 4.33. The van der Waals surface area contributed by atoms with Crippen LogP contribution in [0.2, 0.25) is 0 Å². The lowest BCUT2D eigenvalue weighted by Gasteiger charge is -2.17. The van der Waals surface area contributed by atoms with Crippen LogP contribution >= 0.6 is 0 Å². The number of carbonyl (C=O) groups is 2. The molecule has 0 radical (unpaired) electrons. The third kappa shape index (κ3) is 3.79. The quantitative estimate of drug-likeness (QED) is 0.861. The van der Waals surface area contributed by atoms with Crippen LogP contribution in [-0.4, -0.2) is 18.4 Å². The standard InChI is InChI=1S/C22H26N2O2/c1-3-19(17-8-6-5-7-9-17)22(26)23-15-16-10-11-20-18(14-16)12-13-24(20)21(25)4-2/h5-11,14,19H,3-4,12-13,15H2,1-2H3,(H,23,26)/t19-/m0/s1. The number of benzene rings is 2. The number of rotatable bonds is 6. The molecule has 2 aromatic carbocycles. The van der Waals surface area contributed by atoms with Crippen molar-refractivity contribution in [2.45, 2.75) is 45.6 Å². The van der Waals surface area contributed by atoms with Crippen molar-refractivity contribution in [1.82, 2.24) is 5.32 Å². The molecule has 0 saturated heterocycles. The molecule has 0 fully saturated rings. The monoisotopic (exact) mass is 350 g/mol. The maximum atomic E-state index is 12.6. The molecule has 1 atom stereocenters. The van der Waals surface area contributed by atoms with Crippen LogP contribution in [0.15, 0.2) is 48.5 Å². The van der Waals surface area contributed by atoms with Gasteiger partial charge in [0.1, 0.15) is 0 Å². The first-order valence-corrected chi connectivity index (χ1v) is 9.38. The van der Waals surface area contributed by atoms with Gasteiger partial charge in [-0.1, -0.05) is 56.3 Å². The second-order valence-electron chi connectivity index (χ2n) is 6.70. The van der Waals surface area contributed by atoms with E-state index in [4.69, 9.17) is 0 Å². The number of hydrogen-bond donors (Lipinski definition) is 1. The maximum absolute atomic E-state index is 12.6. The van der Waals surface area contributed by atoms with Gasteiger partial charge in [0.2, 0.25) is 11.8 Å². The van der Waals surface area contributed by atoms with E-state index in [1.54, 1.807) is 0 Å². The van der Waals surface area contributed by atoms with E-state index in [9.17, 15) is 9.59 Å². The van der Waals surface area contributed by atoms with Gasteiger partial charge in [-0.05, 0) is 35.6 Å². The zero-order valence-corrected chi connectivity index (χ0v) is 15.5. The molecular formula is C22H26N2O2. The van der Waals surface area contributed by atoms with E-state index in [-0.39, 0.29) is 17.7 Å². The first-order valence-electron chi connectivity index (χ1n) is 9.38. The maximum Gasteiger partial charge on any atom is 0.227 e. The Morgan fingerprint density at radius 2 is 1.88 bits per heavy atom. The van der Waals surface area contributed by atoms with E-state index in [0.717, 1.165) is 36.2 Å². The van der Waals surface area contributed by atoms with Crippen molar-refractivity contribution in [2.75, 3.05) is 11.4 Å². The summed E-state index contributed by atoms with van der Waals surface area (Å²) in [5.74, 6) is 0.101. The van der Waals surface area contributed by atoms with Gasteiger partial charge in [-0.25, -0.2) is 0 Å². The molecule has 0 aromatic heterocycles. The van der Waals surface area contributed by atoms with Gasteiger partial charge in [0.05, 0.1) is 5.92 Å². The molecule has 0 aliphatic carbocycles. The average Bonchev–Trinajstić information content (AvgIpc) is 3.10. The molecule has 4 heteroatoms. The lowest BCUT2D eigenvalue weighted by molar-refractivity contribution is -0.122. The summed E-state index contributed by atoms with van der Waals surface area (Å²) >= 11 is 0. The fourth-order valence-corrected chi connectivity index (χ4v) is 3.59. The molecule has 1 aliphatic rings. The van der Waals surface area contributed by atoms with Crippen LogP contribution < -0.4 is 10.2 Å². The molecule has 3 rings (SSSR count). The predicted octanol–water partition coefficient (Wildman–Crippen LogP) is 3.80. The van der Waals surface area contributed by atoms with Crippen LogP contribution in [0, 0.1) is 0 Å². The number of amides is 2. The fraction of sp³-hybridized carbons (Fsp3) is 0.364. The third-order valence-corrected chi connectivity index (χ3v) is 5.04. The summed E-state index contributed by atoms with van der Waals surface area (Å²) in [5, 5.41) is 3.07. The summed E-state index contributed by atoms with van der Waals surface area (Å²) < 4.78 is 0. The normalized spacial score (nSPS) is 14.0. The highest BCUT2D eigenvalue weighted by Crippen LogP contribution is 2.29. The molecule has 0 bridgehead atoms.